The van der Waals surface area contributed by atoms with E-state index in [9.17, 15) is 0 Å². The molecule has 0 spiro atoms. The molecular weight excluding hydrogens is 224 g/mol. The van der Waals surface area contributed by atoms with E-state index in [0.717, 1.165) is 43.6 Å². The smallest absolute Gasteiger partial charge is 0.111 e. The second-order valence-corrected chi connectivity index (χ2v) is 4.80. The maximum Gasteiger partial charge on any atom is 0.111 e. The number of pyridine rings is 1. The number of hydrogen-bond acceptors (Lipinski definition) is 3. The first-order valence-corrected chi connectivity index (χ1v) is 6.81. The predicted octanol–water partition coefficient (Wildman–Crippen LogP) is 2.51. The number of nitrogens with two attached hydrogens (primary N) is 1. The highest BCUT2D eigenvalue weighted by atomic mass is 15.1. The van der Waals surface area contributed by atoms with Crippen LogP contribution >= 0.6 is 0 Å². The molecule has 2 N–H and O–H groups in total. The number of fused-ring (bicyclic) bond motifs is 1. The van der Waals surface area contributed by atoms with Gasteiger partial charge in [-0.25, -0.2) is 4.98 Å². The Kier molecular flexibility index (Phi) is 4.31. The van der Waals surface area contributed by atoms with Gasteiger partial charge in [0.25, 0.3) is 0 Å². The zero-order valence-corrected chi connectivity index (χ0v) is 11.3. The normalized spacial score (nSPS) is 13.1. The maximum absolute atomic E-state index is 6.13. The number of imidazole rings is 1. The summed E-state index contributed by atoms with van der Waals surface area (Å²) in [6.07, 6.45) is 7.78. The Balaban J connectivity index is 2.33. The van der Waals surface area contributed by atoms with Gasteiger partial charge in [-0.1, -0.05) is 20.3 Å². The highest BCUT2D eigenvalue weighted by Gasteiger charge is 2.12. The summed E-state index contributed by atoms with van der Waals surface area (Å²) in [6.45, 7) is 5.34. The van der Waals surface area contributed by atoms with Crippen molar-refractivity contribution in [2.75, 3.05) is 0 Å². The third-order valence-corrected chi connectivity index (χ3v) is 3.18. The zero-order valence-electron chi connectivity index (χ0n) is 11.3. The molecule has 0 radical (unpaired) electrons. The van der Waals surface area contributed by atoms with Crippen LogP contribution in [-0.2, 0) is 13.0 Å². The van der Waals surface area contributed by atoms with Gasteiger partial charge in [0.2, 0.25) is 0 Å². The van der Waals surface area contributed by atoms with Gasteiger partial charge in [-0.05, 0) is 18.9 Å². The van der Waals surface area contributed by atoms with Crippen molar-refractivity contribution in [2.24, 2.45) is 5.73 Å². The molecule has 0 saturated carbocycles. The van der Waals surface area contributed by atoms with Crippen molar-refractivity contribution in [3.05, 3.63) is 24.3 Å². The van der Waals surface area contributed by atoms with E-state index in [1.807, 2.05) is 18.5 Å². The van der Waals surface area contributed by atoms with E-state index < -0.39 is 0 Å². The highest BCUT2D eigenvalue weighted by Crippen LogP contribution is 2.17. The van der Waals surface area contributed by atoms with Gasteiger partial charge in [0, 0.05) is 25.2 Å². The first-order chi connectivity index (χ1) is 8.76. The van der Waals surface area contributed by atoms with E-state index in [1.165, 1.54) is 5.52 Å². The molecule has 0 amide bonds. The lowest BCUT2D eigenvalue weighted by Gasteiger charge is -2.12. The Hall–Kier alpha value is -1.42. The van der Waals surface area contributed by atoms with Gasteiger partial charge < -0.3 is 10.3 Å². The zero-order chi connectivity index (χ0) is 13.0. The van der Waals surface area contributed by atoms with Crippen molar-refractivity contribution < 1.29 is 0 Å². The number of aromatic nitrogens is 3. The van der Waals surface area contributed by atoms with Crippen LogP contribution < -0.4 is 5.73 Å². The topological polar surface area (TPSA) is 56.7 Å². The largest absolute Gasteiger partial charge is 0.328 e. The monoisotopic (exact) mass is 246 g/mol. The Morgan fingerprint density at radius 2 is 2.17 bits per heavy atom. The van der Waals surface area contributed by atoms with Crippen LogP contribution in [0.2, 0.25) is 0 Å². The van der Waals surface area contributed by atoms with E-state index in [0.29, 0.717) is 0 Å². The molecule has 18 heavy (non-hydrogen) atoms. The second kappa shape index (κ2) is 5.96. The minimum atomic E-state index is 0.204. The minimum absolute atomic E-state index is 0.204. The molecule has 1 unspecified atom stereocenters. The van der Waals surface area contributed by atoms with Gasteiger partial charge in [0.15, 0.2) is 0 Å². The average Bonchev–Trinajstić information content (AvgIpc) is 2.68. The first-order valence-electron chi connectivity index (χ1n) is 6.81. The Morgan fingerprint density at radius 3 is 2.89 bits per heavy atom. The van der Waals surface area contributed by atoms with Crippen LogP contribution in [0, 0.1) is 0 Å². The maximum atomic E-state index is 6.13. The van der Waals surface area contributed by atoms with E-state index >= 15 is 0 Å². The van der Waals surface area contributed by atoms with Gasteiger partial charge in [0.1, 0.15) is 11.3 Å². The third kappa shape index (κ3) is 2.70. The van der Waals surface area contributed by atoms with Crippen molar-refractivity contribution in [1.29, 1.82) is 0 Å². The second-order valence-electron chi connectivity index (χ2n) is 4.80. The summed E-state index contributed by atoms with van der Waals surface area (Å²) in [5.41, 5.74) is 8.28. The fraction of sp³-hybridized carbons (Fsp3) is 0.571. The molecule has 98 valence electrons. The SMILES string of the molecule is CCCC(N)Cc1nc2cnccc2n1CCC. The predicted molar refractivity (Wildman–Crippen MR) is 74.4 cm³/mol. The molecule has 0 aromatic carbocycles. The van der Waals surface area contributed by atoms with Gasteiger partial charge in [0.05, 0.1) is 11.7 Å². The number of aryl methyl sites for hydroxylation is 1. The summed E-state index contributed by atoms with van der Waals surface area (Å²) < 4.78 is 2.28. The quantitative estimate of drug-likeness (QED) is 0.852. The lowest BCUT2D eigenvalue weighted by molar-refractivity contribution is 0.557. The minimum Gasteiger partial charge on any atom is -0.328 e. The molecule has 0 aliphatic carbocycles. The van der Waals surface area contributed by atoms with Crippen molar-refractivity contribution in [3.8, 4) is 0 Å². The molecule has 2 rings (SSSR count). The van der Waals surface area contributed by atoms with E-state index in [-0.39, 0.29) is 6.04 Å². The van der Waals surface area contributed by atoms with Crippen LogP contribution in [-0.4, -0.2) is 20.6 Å². The lowest BCUT2D eigenvalue weighted by atomic mass is 10.1. The van der Waals surface area contributed by atoms with Crippen molar-refractivity contribution in [3.63, 3.8) is 0 Å². The number of rotatable bonds is 6. The molecule has 2 aromatic heterocycles. The van der Waals surface area contributed by atoms with Gasteiger partial charge in [-0.15, -0.1) is 0 Å². The fourth-order valence-electron chi connectivity index (χ4n) is 2.37. The van der Waals surface area contributed by atoms with Crippen LogP contribution in [0.4, 0.5) is 0 Å². The molecule has 1 atom stereocenters. The molecule has 2 aromatic rings. The Morgan fingerprint density at radius 1 is 1.33 bits per heavy atom. The van der Waals surface area contributed by atoms with Gasteiger partial charge in [-0.2, -0.15) is 0 Å². The molecule has 0 fully saturated rings. The van der Waals surface area contributed by atoms with E-state index in [2.05, 4.69) is 28.4 Å². The molecule has 0 bridgehead atoms. The molecule has 4 heteroatoms. The van der Waals surface area contributed by atoms with Crippen LogP contribution in [0.25, 0.3) is 11.0 Å². The summed E-state index contributed by atoms with van der Waals surface area (Å²) in [5.74, 6) is 1.10. The summed E-state index contributed by atoms with van der Waals surface area (Å²) in [5, 5.41) is 0. The number of nitrogens with zero attached hydrogens (tertiary/aromatic N) is 3. The molecule has 0 aliphatic rings. The van der Waals surface area contributed by atoms with Crippen LogP contribution in [0.15, 0.2) is 18.5 Å². The molecule has 0 aliphatic heterocycles. The van der Waals surface area contributed by atoms with E-state index in [1.54, 1.807) is 0 Å². The highest BCUT2D eigenvalue weighted by molar-refractivity contribution is 5.74. The van der Waals surface area contributed by atoms with Crippen LogP contribution in [0.1, 0.15) is 38.9 Å². The fourth-order valence-corrected chi connectivity index (χ4v) is 2.37. The van der Waals surface area contributed by atoms with E-state index in [4.69, 9.17) is 5.73 Å². The lowest BCUT2D eigenvalue weighted by Crippen LogP contribution is -2.24. The van der Waals surface area contributed by atoms with Gasteiger partial charge >= 0.3 is 0 Å². The molecule has 0 saturated heterocycles. The third-order valence-electron chi connectivity index (χ3n) is 3.18. The molecule has 4 nitrogen and oxygen atoms in total. The van der Waals surface area contributed by atoms with Gasteiger partial charge in [-0.3, -0.25) is 4.98 Å². The molecule has 2 heterocycles. The first kappa shape index (κ1) is 13.0. The van der Waals surface area contributed by atoms with Crippen molar-refractivity contribution in [2.45, 2.75) is 52.1 Å². The van der Waals surface area contributed by atoms with Crippen LogP contribution in [0.5, 0.6) is 0 Å². The summed E-state index contributed by atoms with van der Waals surface area (Å²) in [7, 11) is 0. The van der Waals surface area contributed by atoms with Crippen LogP contribution in [0.3, 0.4) is 0 Å². The Labute approximate surface area is 108 Å². The summed E-state index contributed by atoms with van der Waals surface area (Å²) in [4.78, 5) is 8.81. The number of hydrogen-bond donors (Lipinski definition) is 1. The van der Waals surface area contributed by atoms with Crippen molar-refractivity contribution in [1.82, 2.24) is 14.5 Å². The summed E-state index contributed by atoms with van der Waals surface area (Å²) in [6, 6.07) is 2.24. The summed E-state index contributed by atoms with van der Waals surface area (Å²) >= 11 is 0. The molecular formula is C14H22N4. The Bertz CT molecular complexity index is 503. The van der Waals surface area contributed by atoms with Crippen molar-refractivity contribution >= 4 is 11.0 Å². The standard InChI is InChI=1S/C14H22N4/c1-3-5-11(15)9-14-17-12-10-16-7-6-13(12)18(14)8-4-2/h6-7,10-11H,3-5,8-9,15H2,1-2H3. The average molecular weight is 246 g/mol.